The standard InChI is InChI=1S/C14H15BrN2O3/c1-8-10(9(2)20-17-8)7-16-12-6-14-13(5-11(12)15)18-3-4-19-14/h5-6,16H,3-4,7H2,1-2H3. The van der Waals surface area contributed by atoms with E-state index in [4.69, 9.17) is 14.0 Å². The van der Waals surface area contributed by atoms with Crippen LogP contribution in [0.4, 0.5) is 5.69 Å². The lowest BCUT2D eigenvalue weighted by molar-refractivity contribution is 0.171. The number of aryl methyl sites for hydroxylation is 2. The largest absolute Gasteiger partial charge is 0.486 e. The summed E-state index contributed by atoms with van der Waals surface area (Å²) in [6, 6.07) is 3.86. The highest BCUT2D eigenvalue weighted by molar-refractivity contribution is 9.10. The van der Waals surface area contributed by atoms with E-state index >= 15 is 0 Å². The first kappa shape index (κ1) is 13.3. The van der Waals surface area contributed by atoms with Crippen molar-refractivity contribution in [1.82, 2.24) is 5.16 Å². The molecule has 1 aromatic heterocycles. The molecule has 0 unspecified atom stereocenters. The van der Waals surface area contributed by atoms with Crippen LogP contribution in [0, 0.1) is 13.8 Å². The Hall–Kier alpha value is -1.69. The van der Waals surface area contributed by atoms with Gasteiger partial charge in [-0.2, -0.15) is 0 Å². The first-order chi connectivity index (χ1) is 9.65. The Kier molecular flexibility index (Phi) is 3.56. The molecule has 0 spiro atoms. The number of halogens is 1. The minimum atomic E-state index is 0.581. The molecule has 106 valence electrons. The zero-order valence-electron chi connectivity index (χ0n) is 11.3. The first-order valence-electron chi connectivity index (χ1n) is 6.40. The van der Waals surface area contributed by atoms with Gasteiger partial charge in [0, 0.05) is 28.7 Å². The molecule has 3 rings (SSSR count). The topological polar surface area (TPSA) is 56.5 Å². The van der Waals surface area contributed by atoms with E-state index in [9.17, 15) is 0 Å². The lowest BCUT2D eigenvalue weighted by atomic mass is 10.2. The smallest absolute Gasteiger partial charge is 0.163 e. The Morgan fingerprint density at radius 1 is 1.20 bits per heavy atom. The number of aromatic nitrogens is 1. The second-order valence-electron chi connectivity index (χ2n) is 4.63. The molecule has 20 heavy (non-hydrogen) atoms. The highest BCUT2D eigenvalue weighted by Crippen LogP contribution is 2.38. The van der Waals surface area contributed by atoms with Crippen molar-refractivity contribution in [3.05, 3.63) is 33.6 Å². The van der Waals surface area contributed by atoms with Gasteiger partial charge in [0.25, 0.3) is 0 Å². The number of benzene rings is 1. The number of nitrogens with zero attached hydrogens (tertiary/aromatic N) is 1. The van der Waals surface area contributed by atoms with Crippen molar-refractivity contribution < 1.29 is 14.0 Å². The van der Waals surface area contributed by atoms with Crippen molar-refractivity contribution in [3.63, 3.8) is 0 Å². The number of ether oxygens (including phenoxy) is 2. The van der Waals surface area contributed by atoms with Gasteiger partial charge in [0.05, 0.1) is 11.4 Å². The molecule has 1 aromatic carbocycles. The molecule has 2 heterocycles. The predicted octanol–water partition coefficient (Wildman–Crippen LogP) is 3.44. The highest BCUT2D eigenvalue weighted by atomic mass is 79.9. The number of rotatable bonds is 3. The minimum Gasteiger partial charge on any atom is -0.486 e. The molecule has 1 aliphatic rings. The van der Waals surface area contributed by atoms with E-state index in [0.717, 1.165) is 38.7 Å². The summed E-state index contributed by atoms with van der Waals surface area (Å²) in [5, 5.41) is 7.31. The van der Waals surface area contributed by atoms with E-state index in [0.29, 0.717) is 19.8 Å². The molecule has 2 aromatic rings. The number of fused-ring (bicyclic) bond motifs is 1. The van der Waals surface area contributed by atoms with Crippen LogP contribution >= 0.6 is 15.9 Å². The third-order valence-corrected chi connectivity index (χ3v) is 3.92. The van der Waals surface area contributed by atoms with E-state index in [1.807, 2.05) is 26.0 Å². The monoisotopic (exact) mass is 338 g/mol. The minimum absolute atomic E-state index is 0.581. The average molecular weight is 339 g/mol. The van der Waals surface area contributed by atoms with Gasteiger partial charge in [-0.1, -0.05) is 5.16 Å². The van der Waals surface area contributed by atoms with Crippen LogP contribution in [-0.4, -0.2) is 18.4 Å². The number of anilines is 1. The molecule has 0 atom stereocenters. The van der Waals surface area contributed by atoms with Crippen LogP contribution in [-0.2, 0) is 6.54 Å². The molecule has 1 aliphatic heterocycles. The highest BCUT2D eigenvalue weighted by Gasteiger charge is 2.15. The number of hydrogen-bond donors (Lipinski definition) is 1. The van der Waals surface area contributed by atoms with Crippen molar-refractivity contribution in [1.29, 1.82) is 0 Å². The molecule has 0 saturated carbocycles. The number of nitrogens with one attached hydrogen (secondary N) is 1. The number of hydrogen-bond acceptors (Lipinski definition) is 5. The van der Waals surface area contributed by atoms with Gasteiger partial charge in [-0.05, 0) is 29.8 Å². The van der Waals surface area contributed by atoms with E-state index < -0.39 is 0 Å². The quantitative estimate of drug-likeness (QED) is 0.928. The second kappa shape index (κ2) is 5.36. The molecular weight excluding hydrogens is 324 g/mol. The van der Waals surface area contributed by atoms with Gasteiger partial charge in [-0.15, -0.1) is 0 Å². The predicted molar refractivity (Wildman–Crippen MR) is 78.4 cm³/mol. The van der Waals surface area contributed by atoms with Gasteiger partial charge in [-0.3, -0.25) is 0 Å². The first-order valence-corrected chi connectivity index (χ1v) is 7.19. The van der Waals surface area contributed by atoms with Crippen molar-refractivity contribution in [2.24, 2.45) is 0 Å². The molecule has 0 fully saturated rings. The maximum Gasteiger partial charge on any atom is 0.163 e. The molecule has 1 N–H and O–H groups in total. The summed E-state index contributed by atoms with van der Waals surface area (Å²) in [6.45, 7) is 5.67. The van der Waals surface area contributed by atoms with Crippen LogP contribution in [0.2, 0.25) is 0 Å². The summed E-state index contributed by atoms with van der Waals surface area (Å²) in [4.78, 5) is 0. The lowest BCUT2D eigenvalue weighted by Crippen LogP contribution is -2.15. The molecule has 6 heteroatoms. The Morgan fingerprint density at radius 3 is 2.55 bits per heavy atom. The van der Waals surface area contributed by atoms with Crippen molar-refractivity contribution in [2.45, 2.75) is 20.4 Å². The van der Waals surface area contributed by atoms with Gasteiger partial charge < -0.3 is 19.3 Å². The Labute approximate surface area is 125 Å². The zero-order valence-corrected chi connectivity index (χ0v) is 12.9. The summed E-state index contributed by atoms with van der Waals surface area (Å²) >= 11 is 3.54. The van der Waals surface area contributed by atoms with Crippen LogP contribution in [0.1, 0.15) is 17.0 Å². The second-order valence-corrected chi connectivity index (χ2v) is 5.49. The summed E-state index contributed by atoms with van der Waals surface area (Å²) in [5.41, 5.74) is 2.93. The van der Waals surface area contributed by atoms with Gasteiger partial charge in [0.1, 0.15) is 19.0 Å². The van der Waals surface area contributed by atoms with Crippen molar-refractivity contribution in [3.8, 4) is 11.5 Å². The SMILES string of the molecule is Cc1noc(C)c1CNc1cc2c(cc1Br)OCCO2. The van der Waals surface area contributed by atoms with Crippen molar-refractivity contribution in [2.75, 3.05) is 18.5 Å². The fraction of sp³-hybridized carbons (Fsp3) is 0.357. The summed E-state index contributed by atoms with van der Waals surface area (Å²) in [6.07, 6.45) is 0. The Bertz CT molecular complexity index is 620. The van der Waals surface area contributed by atoms with Crippen LogP contribution in [0.25, 0.3) is 0 Å². The lowest BCUT2D eigenvalue weighted by Gasteiger charge is -2.20. The van der Waals surface area contributed by atoms with Crippen LogP contribution in [0.15, 0.2) is 21.1 Å². The third-order valence-electron chi connectivity index (χ3n) is 3.27. The third kappa shape index (κ3) is 2.47. The molecule has 0 bridgehead atoms. The maximum absolute atomic E-state index is 5.59. The average Bonchev–Trinajstić information content (AvgIpc) is 2.76. The van der Waals surface area contributed by atoms with Crippen molar-refractivity contribution >= 4 is 21.6 Å². The van der Waals surface area contributed by atoms with Crippen LogP contribution in [0.3, 0.4) is 0 Å². The Balaban J connectivity index is 1.81. The molecule has 0 saturated heterocycles. The fourth-order valence-corrected chi connectivity index (χ4v) is 2.60. The van der Waals surface area contributed by atoms with E-state index in [-0.39, 0.29) is 0 Å². The van der Waals surface area contributed by atoms with E-state index in [1.165, 1.54) is 0 Å². The zero-order chi connectivity index (χ0) is 14.1. The molecule has 0 radical (unpaired) electrons. The van der Waals surface area contributed by atoms with Gasteiger partial charge in [0.15, 0.2) is 11.5 Å². The molecular formula is C14H15BrN2O3. The molecule has 0 amide bonds. The van der Waals surface area contributed by atoms with Gasteiger partial charge >= 0.3 is 0 Å². The summed E-state index contributed by atoms with van der Waals surface area (Å²) in [7, 11) is 0. The maximum atomic E-state index is 5.59. The summed E-state index contributed by atoms with van der Waals surface area (Å²) < 4.78 is 17.2. The normalized spacial score (nSPS) is 13.3. The van der Waals surface area contributed by atoms with E-state index in [1.54, 1.807) is 0 Å². The fourth-order valence-electron chi connectivity index (χ4n) is 2.14. The summed E-state index contributed by atoms with van der Waals surface area (Å²) in [5.74, 6) is 2.37. The van der Waals surface area contributed by atoms with Crippen LogP contribution in [0.5, 0.6) is 11.5 Å². The van der Waals surface area contributed by atoms with E-state index in [2.05, 4.69) is 26.4 Å². The Morgan fingerprint density at radius 2 is 1.90 bits per heavy atom. The molecule has 0 aliphatic carbocycles. The molecule has 5 nitrogen and oxygen atoms in total. The van der Waals surface area contributed by atoms with Gasteiger partial charge in [-0.25, -0.2) is 0 Å². The van der Waals surface area contributed by atoms with Crippen LogP contribution < -0.4 is 14.8 Å². The van der Waals surface area contributed by atoms with Gasteiger partial charge in [0.2, 0.25) is 0 Å².